The number of sulfonamides is 1. The third kappa shape index (κ3) is 5.14. The number of nitrogens with one attached hydrogen (secondary N) is 2. The van der Waals surface area contributed by atoms with Crippen molar-refractivity contribution in [3.63, 3.8) is 0 Å². The summed E-state index contributed by atoms with van der Waals surface area (Å²) < 4.78 is 28.5. The van der Waals surface area contributed by atoms with Crippen molar-refractivity contribution in [1.82, 2.24) is 19.7 Å². The first kappa shape index (κ1) is 20.9. The maximum atomic E-state index is 12.5. The fraction of sp³-hybridized carbons (Fsp3) is 0.176. The first-order valence-electron chi connectivity index (χ1n) is 8.54. The van der Waals surface area contributed by atoms with Gasteiger partial charge < -0.3 is 5.32 Å². The van der Waals surface area contributed by atoms with Gasteiger partial charge in [0.05, 0.1) is 9.82 Å². The number of carbonyl (C=O) groups is 1. The van der Waals surface area contributed by atoms with E-state index in [1.54, 1.807) is 19.9 Å². The molecule has 3 rings (SSSR count). The maximum Gasteiger partial charge on any atom is 0.307 e. The molecule has 0 bridgehead atoms. The van der Waals surface area contributed by atoms with Crippen LogP contribution in [0.3, 0.4) is 0 Å². The molecule has 13 heteroatoms. The van der Waals surface area contributed by atoms with Gasteiger partial charge in [-0.15, -0.1) is 0 Å². The van der Waals surface area contributed by atoms with Gasteiger partial charge in [0, 0.05) is 17.1 Å². The molecule has 0 saturated carbocycles. The molecule has 12 nitrogen and oxygen atoms in total. The molecule has 0 aliphatic carbocycles. The molecule has 0 unspecified atom stereocenters. The maximum absolute atomic E-state index is 12.5. The van der Waals surface area contributed by atoms with Gasteiger partial charge in [-0.05, 0) is 44.2 Å². The summed E-state index contributed by atoms with van der Waals surface area (Å²) in [7, 11) is -3.91. The smallest absolute Gasteiger partial charge is 0.307 e. The highest BCUT2D eigenvalue weighted by Crippen LogP contribution is 2.17. The normalized spacial score (nSPS) is 11.1. The quantitative estimate of drug-likeness (QED) is 0.421. The lowest BCUT2D eigenvalue weighted by atomic mass is 10.3. The third-order valence-corrected chi connectivity index (χ3v) is 5.14. The predicted molar refractivity (Wildman–Crippen MR) is 106 cm³/mol. The van der Waals surface area contributed by atoms with E-state index in [-0.39, 0.29) is 23.1 Å². The number of nitro groups is 1. The minimum absolute atomic E-state index is 0.0294. The van der Waals surface area contributed by atoms with Crippen LogP contribution in [-0.4, -0.2) is 39.0 Å². The summed E-state index contributed by atoms with van der Waals surface area (Å²) in [6.45, 7) is 3.22. The molecule has 0 fully saturated rings. The molecule has 0 aliphatic heterocycles. The molecule has 30 heavy (non-hydrogen) atoms. The van der Waals surface area contributed by atoms with E-state index in [0.29, 0.717) is 17.1 Å². The molecule has 0 atom stereocenters. The van der Waals surface area contributed by atoms with E-state index in [1.165, 1.54) is 24.3 Å². The van der Waals surface area contributed by atoms with Crippen LogP contribution in [-0.2, 0) is 21.4 Å². The van der Waals surface area contributed by atoms with Crippen LogP contribution in [0.2, 0.25) is 0 Å². The summed E-state index contributed by atoms with van der Waals surface area (Å²) in [6.07, 6.45) is 2.18. The van der Waals surface area contributed by atoms with Crippen LogP contribution in [0.4, 0.5) is 17.3 Å². The highest BCUT2D eigenvalue weighted by Gasteiger charge is 2.17. The molecule has 2 N–H and O–H groups in total. The summed E-state index contributed by atoms with van der Waals surface area (Å²) >= 11 is 0. The molecule has 1 aromatic carbocycles. The Morgan fingerprint density at radius 2 is 1.80 bits per heavy atom. The lowest BCUT2D eigenvalue weighted by Crippen LogP contribution is -2.19. The molecule has 0 aliphatic rings. The number of rotatable bonds is 7. The second-order valence-corrected chi connectivity index (χ2v) is 7.99. The lowest BCUT2D eigenvalue weighted by molar-refractivity contribution is -0.385. The van der Waals surface area contributed by atoms with Gasteiger partial charge in [0.15, 0.2) is 0 Å². The number of benzene rings is 1. The zero-order valence-corrected chi connectivity index (χ0v) is 16.8. The average Bonchev–Trinajstić information content (AvgIpc) is 3.09. The number of anilines is 2. The van der Waals surface area contributed by atoms with Gasteiger partial charge in [-0.2, -0.15) is 5.10 Å². The summed E-state index contributed by atoms with van der Waals surface area (Å²) in [6, 6.07) is 7.19. The Kier molecular flexibility index (Phi) is 5.73. The summed E-state index contributed by atoms with van der Waals surface area (Å²) in [5.41, 5.74) is 1.38. The zero-order valence-electron chi connectivity index (χ0n) is 15.9. The molecule has 1 amide bonds. The summed E-state index contributed by atoms with van der Waals surface area (Å²) in [4.78, 5) is 30.1. The number of aromatic nitrogens is 4. The monoisotopic (exact) mass is 431 g/mol. The molecule has 3 aromatic rings. The minimum atomic E-state index is -3.91. The minimum Gasteiger partial charge on any atom is -0.324 e. The summed E-state index contributed by atoms with van der Waals surface area (Å²) in [5.74, 6) is -0.511. The largest absolute Gasteiger partial charge is 0.324 e. The predicted octanol–water partition coefficient (Wildman–Crippen LogP) is 1.64. The molecule has 2 heterocycles. The van der Waals surface area contributed by atoms with Gasteiger partial charge in [-0.25, -0.2) is 23.1 Å². The molecule has 0 spiro atoms. The standard InChI is InChI=1S/C17H17N7O5S/c1-11-7-12(2)20-17(19-11)22-30(28,29)15-5-3-13(4-6-15)21-16(25)10-23-9-14(8-18-23)24(26)27/h3-9H,10H2,1-2H3,(H,21,25)(H,19,20,22). The Morgan fingerprint density at radius 1 is 1.17 bits per heavy atom. The Balaban J connectivity index is 1.66. The average molecular weight is 431 g/mol. The second-order valence-electron chi connectivity index (χ2n) is 6.31. The highest BCUT2D eigenvalue weighted by atomic mass is 32.2. The third-order valence-electron chi connectivity index (χ3n) is 3.79. The van der Waals surface area contributed by atoms with Crippen LogP contribution in [0.15, 0.2) is 47.6 Å². The topological polar surface area (TPSA) is 162 Å². The summed E-state index contributed by atoms with van der Waals surface area (Å²) in [5, 5.41) is 16.9. The van der Waals surface area contributed by atoms with Crippen molar-refractivity contribution in [2.45, 2.75) is 25.3 Å². The molecular weight excluding hydrogens is 414 g/mol. The van der Waals surface area contributed by atoms with Gasteiger partial charge >= 0.3 is 5.69 Å². The van der Waals surface area contributed by atoms with Crippen molar-refractivity contribution in [3.05, 3.63) is 64.2 Å². The fourth-order valence-electron chi connectivity index (χ4n) is 2.55. The van der Waals surface area contributed by atoms with E-state index in [4.69, 9.17) is 0 Å². The van der Waals surface area contributed by atoms with Gasteiger partial charge in [-0.1, -0.05) is 0 Å². The van der Waals surface area contributed by atoms with Gasteiger partial charge in [0.25, 0.3) is 10.0 Å². The van der Waals surface area contributed by atoms with E-state index in [2.05, 4.69) is 25.1 Å². The first-order chi connectivity index (χ1) is 14.1. The number of aryl methyl sites for hydroxylation is 2. The zero-order chi connectivity index (χ0) is 21.9. The van der Waals surface area contributed by atoms with E-state index in [9.17, 15) is 23.3 Å². The van der Waals surface area contributed by atoms with E-state index >= 15 is 0 Å². The van der Waals surface area contributed by atoms with Crippen molar-refractivity contribution in [1.29, 1.82) is 0 Å². The van der Waals surface area contributed by atoms with E-state index in [1.807, 2.05) is 0 Å². The SMILES string of the molecule is Cc1cc(C)nc(NS(=O)(=O)c2ccc(NC(=O)Cn3cc([N+](=O)[O-])cn3)cc2)n1. The highest BCUT2D eigenvalue weighted by molar-refractivity contribution is 7.92. The molecule has 0 radical (unpaired) electrons. The Bertz CT molecular complexity index is 1190. The van der Waals surface area contributed by atoms with Crippen LogP contribution in [0.25, 0.3) is 0 Å². The molecular formula is C17H17N7O5S. The van der Waals surface area contributed by atoms with E-state index < -0.39 is 20.9 Å². The molecule has 0 saturated heterocycles. The Hall–Kier alpha value is -3.87. The number of carbonyl (C=O) groups excluding carboxylic acids is 1. The van der Waals surface area contributed by atoms with Crippen LogP contribution in [0.5, 0.6) is 0 Å². The lowest BCUT2D eigenvalue weighted by Gasteiger charge is -2.09. The van der Waals surface area contributed by atoms with Crippen molar-refractivity contribution in [2.24, 2.45) is 0 Å². The van der Waals surface area contributed by atoms with Gasteiger partial charge in [-0.3, -0.25) is 19.6 Å². The van der Waals surface area contributed by atoms with Crippen LogP contribution in [0, 0.1) is 24.0 Å². The van der Waals surface area contributed by atoms with Crippen LogP contribution in [0.1, 0.15) is 11.4 Å². The fourth-order valence-corrected chi connectivity index (χ4v) is 3.49. The van der Waals surface area contributed by atoms with Gasteiger partial charge in [0.2, 0.25) is 11.9 Å². The Labute approximate surface area is 171 Å². The van der Waals surface area contributed by atoms with Crippen molar-refractivity contribution in [3.8, 4) is 0 Å². The first-order valence-corrected chi connectivity index (χ1v) is 10.0. The molecule has 156 valence electrons. The number of nitrogens with zero attached hydrogens (tertiary/aromatic N) is 5. The second kappa shape index (κ2) is 8.24. The van der Waals surface area contributed by atoms with Crippen molar-refractivity contribution < 1.29 is 18.1 Å². The van der Waals surface area contributed by atoms with E-state index in [0.717, 1.165) is 17.1 Å². The number of hydrogen-bond acceptors (Lipinski definition) is 8. The van der Waals surface area contributed by atoms with Gasteiger partial charge in [0.1, 0.15) is 18.9 Å². The Morgan fingerprint density at radius 3 is 2.37 bits per heavy atom. The van der Waals surface area contributed by atoms with Crippen molar-refractivity contribution in [2.75, 3.05) is 10.0 Å². The van der Waals surface area contributed by atoms with Crippen LogP contribution < -0.4 is 10.0 Å². The molecule has 2 aromatic heterocycles. The van der Waals surface area contributed by atoms with Crippen LogP contribution >= 0.6 is 0 Å². The number of amides is 1. The number of hydrogen-bond donors (Lipinski definition) is 2. The van der Waals surface area contributed by atoms with Crippen molar-refractivity contribution >= 4 is 33.3 Å².